The van der Waals surface area contributed by atoms with Crippen LogP contribution in [0.4, 0.5) is 4.79 Å². The minimum atomic E-state index is -0.580. The monoisotopic (exact) mass is 908 g/mol. The van der Waals surface area contributed by atoms with E-state index in [1.54, 1.807) is 28.0 Å². The summed E-state index contributed by atoms with van der Waals surface area (Å²) in [6.07, 6.45) is 7.54. The lowest BCUT2D eigenvalue weighted by molar-refractivity contribution is -0.124. The lowest BCUT2D eigenvalue weighted by Crippen LogP contribution is -2.51. The normalized spacial score (nSPS) is 17.2. The number of aromatic amines is 2. The van der Waals surface area contributed by atoms with Gasteiger partial charge in [-0.2, -0.15) is 0 Å². The van der Waals surface area contributed by atoms with E-state index in [0.29, 0.717) is 19.1 Å². The van der Waals surface area contributed by atoms with E-state index in [-0.39, 0.29) is 12.1 Å². The van der Waals surface area contributed by atoms with Crippen molar-refractivity contribution in [2.75, 3.05) is 52.4 Å². The van der Waals surface area contributed by atoms with Gasteiger partial charge in [-0.1, -0.05) is 84.9 Å². The Balaban J connectivity index is 0.000000203. The van der Waals surface area contributed by atoms with Gasteiger partial charge in [0, 0.05) is 104 Å². The number of para-hydroxylation sites is 2. The Morgan fingerprint density at radius 3 is 1.64 bits per heavy atom. The van der Waals surface area contributed by atoms with Gasteiger partial charge in [-0.3, -0.25) is 29.8 Å². The van der Waals surface area contributed by atoms with E-state index in [2.05, 4.69) is 93.5 Å². The lowest BCUT2D eigenvalue weighted by Gasteiger charge is -2.42. The third-order valence-electron chi connectivity index (χ3n) is 12.6. The fourth-order valence-electron chi connectivity index (χ4n) is 9.14. The number of hydroxylamine groups is 2. The predicted octanol–water partition coefficient (Wildman–Crippen LogP) is 8.02. The molecule has 4 aromatic carbocycles. The molecular weight excluding hydrogens is 845 g/mol. The van der Waals surface area contributed by atoms with Crippen LogP contribution >= 0.6 is 0 Å². The van der Waals surface area contributed by atoms with Gasteiger partial charge in [0.15, 0.2) is 0 Å². The maximum absolute atomic E-state index is 12.9. The SMILES string of the molecule is Cc1[nH]c2ccccc2c1CCN1CCN(C(=O)OC(C)(C)C)CC1c1ccc(/C=C/C(=O)NO)cc1.Cc1[nH]c2ccccc2c1CCN1CCNCC1c1ccc(/C=C/C(=O)NO)cc1. The summed E-state index contributed by atoms with van der Waals surface area (Å²) in [6, 6.07) is 33.4. The van der Waals surface area contributed by atoms with Crippen LogP contribution in [0.3, 0.4) is 0 Å². The number of rotatable bonds is 12. The largest absolute Gasteiger partial charge is 0.444 e. The number of hydrogen-bond donors (Lipinski definition) is 7. The van der Waals surface area contributed by atoms with Crippen molar-refractivity contribution in [2.45, 2.75) is 65.1 Å². The Labute approximate surface area is 392 Å². The molecule has 8 rings (SSSR count). The fraction of sp³-hybridized carbons (Fsp3) is 0.340. The van der Waals surface area contributed by atoms with E-state index in [4.69, 9.17) is 15.2 Å². The van der Waals surface area contributed by atoms with Crippen LogP contribution in [0.5, 0.6) is 0 Å². The minimum absolute atomic E-state index is 0.00514. The molecule has 2 unspecified atom stereocenters. The van der Waals surface area contributed by atoms with Crippen molar-refractivity contribution in [2.24, 2.45) is 0 Å². The second-order valence-electron chi connectivity index (χ2n) is 18.2. The molecule has 0 saturated carbocycles. The highest BCUT2D eigenvalue weighted by Gasteiger charge is 2.33. The van der Waals surface area contributed by atoms with Crippen LogP contribution in [0, 0.1) is 13.8 Å². The molecule has 3 amide bonds. The number of carbonyl (C=O) groups is 3. The van der Waals surface area contributed by atoms with Crippen LogP contribution in [0.25, 0.3) is 34.0 Å². The van der Waals surface area contributed by atoms with Crippen molar-refractivity contribution in [3.05, 3.63) is 154 Å². The topological polar surface area (TPSA) is 178 Å². The molecule has 6 aromatic rings. The highest BCUT2D eigenvalue weighted by molar-refractivity contribution is 5.91. The summed E-state index contributed by atoms with van der Waals surface area (Å²) < 4.78 is 5.66. The second-order valence-corrected chi connectivity index (χ2v) is 18.2. The van der Waals surface area contributed by atoms with Crippen molar-refractivity contribution >= 4 is 51.9 Å². The van der Waals surface area contributed by atoms with E-state index in [1.807, 2.05) is 63.2 Å². The van der Waals surface area contributed by atoms with Gasteiger partial charge in [0.25, 0.3) is 11.8 Å². The summed E-state index contributed by atoms with van der Waals surface area (Å²) in [4.78, 5) is 49.1. The molecule has 0 aliphatic carbocycles. The summed E-state index contributed by atoms with van der Waals surface area (Å²) in [6.45, 7) is 16.6. The Morgan fingerprint density at radius 2 is 1.15 bits per heavy atom. The standard InChI is InChI=1S/C29H36N4O4.C24H28N4O2/c1-20-23(24-7-5-6-8-25(24)30-20)15-16-32-17-18-33(28(35)37-29(2,3)4)19-26(32)22-12-9-21(10-13-22)11-14-27(34)31-36;1-17-20(21-4-2-3-5-22(21)26-17)12-14-28-15-13-25-16-23(28)19-9-6-18(7-10-19)8-11-24(29)27-30/h5-14,26,30,36H,15-19H2,1-4H3,(H,31,34);2-11,23,25-26,30H,12-16H2,1H3,(H,27,29)/b14-11+;11-8+. The quantitative estimate of drug-likeness (QED) is 0.0364. The van der Waals surface area contributed by atoms with Crippen molar-refractivity contribution < 1.29 is 29.5 Å². The molecule has 2 aliphatic heterocycles. The Hall–Kier alpha value is -6.55. The predicted molar refractivity (Wildman–Crippen MR) is 264 cm³/mol. The molecule has 4 heterocycles. The summed E-state index contributed by atoms with van der Waals surface area (Å²) in [5, 5.41) is 23.4. The second kappa shape index (κ2) is 22.3. The molecule has 2 aliphatic rings. The van der Waals surface area contributed by atoms with Crippen molar-refractivity contribution in [3.8, 4) is 0 Å². The van der Waals surface area contributed by atoms with Gasteiger partial charge in [-0.05, 0) is 105 Å². The molecule has 2 atom stereocenters. The number of hydrogen-bond acceptors (Lipinski definition) is 9. The maximum atomic E-state index is 12.9. The number of amides is 3. The number of aromatic nitrogens is 2. The molecule has 2 aromatic heterocycles. The minimum Gasteiger partial charge on any atom is -0.444 e. The van der Waals surface area contributed by atoms with Crippen LogP contribution in [0.1, 0.15) is 77.6 Å². The number of carbonyl (C=O) groups excluding carboxylic acids is 3. The lowest BCUT2D eigenvalue weighted by atomic mass is 9.99. The average Bonchev–Trinajstić information content (AvgIpc) is 3.84. The average molecular weight is 909 g/mol. The Kier molecular flexibility index (Phi) is 16.1. The summed E-state index contributed by atoms with van der Waals surface area (Å²) >= 11 is 0. The molecule has 0 radical (unpaired) electrons. The fourth-order valence-corrected chi connectivity index (χ4v) is 9.14. The van der Waals surface area contributed by atoms with Crippen LogP contribution in [-0.4, -0.2) is 111 Å². The number of nitrogens with zero attached hydrogens (tertiary/aromatic N) is 3. The summed E-state index contributed by atoms with van der Waals surface area (Å²) in [5.41, 5.74) is 14.3. The van der Waals surface area contributed by atoms with E-state index in [1.165, 1.54) is 56.5 Å². The molecular formula is C53H64N8O6. The first-order valence-corrected chi connectivity index (χ1v) is 23.0. The van der Waals surface area contributed by atoms with E-state index in [9.17, 15) is 14.4 Å². The van der Waals surface area contributed by atoms with Gasteiger partial charge in [-0.25, -0.2) is 15.8 Å². The Morgan fingerprint density at radius 1 is 0.672 bits per heavy atom. The molecule has 0 spiro atoms. The van der Waals surface area contributed by atoms with Crippen LogP contribution in [-0.2, 0) is 27.2 Å². The van der Waals surface area contributed by atoms with Crippen LogP contribution in [0.2, 0.25) is 0 Å². The zero-order chi connectivity index (χ0) is 47.5. The maximum Gasteiger partial charge on any atom is 0.410 e. The highest BCUT2D eigenvalue weighted by atomic mass is 16.6. The van der Waals surface area contributed by atoms with Crippen molar-refractivity contribution in [1.82, 2.24) is 40.9 Å². The first-order chi connectivity index (χ1) is 32.3. The van der Waals surface area contributed by atoms with Crippen LogP contribution in [0.15, 0.2) is 109 Å². The molecule has 7 N–H and O–H groups in total. The third kappa shape index (κ3) is 12.7. The van der Waals surface area contributed by atoms with E-state index < -0.39 is 17.4 Å². The number of aryl methyl sites for hydroxylation is 2. The van der Waals surface area contributed by atoms with Gasteiger partial charge >= 0.3 is 6.09 Å². The van der Waals surface area contributed by atoms with Gasteiger partial charge in [0.2, 0.25) is 0 Å². The summed E-state index contributed by atoms with van der Waals surface area (Å²) in [5.74, 6) is -1.11. The molecule has 0 bridgehead atoms. The molecule has 2 saturated heterocycles. The van der Waals surface area contributed by atoms with Crippen molar-refractivity contribution in [3.63, 3.8) is 0 Å². The molecule has 14 nitrogen and oxygen atoms in total. The smallest absolute Gasteiger partial charge is 0.410 e. The zero-order valence-corrected chi connectivity index (χ0v) is 39.1. The number of H-pyrrole nitrogens is 2. The first kappa shape index (κ1) is 48.4. The van der Waals surface area contributed by atoms with Gasteiger partial charge in [-0.15, -0.1) is 0 Å². The van der Waals surface area contributed by atoms with Gasteiger partial charge < -0.3 is 24.9 Å². The van der Waals surface area contributed by atoms with Crippen LogP contribution < -0.4 is 16.3 Å². The van der Waals surface area contributed by atoms with Gasteiger partial charge in [0.05, 0.1) is 6.04 Å². The van der Waals surface area contributed by atoms with E-state index in [0.717, 1.165) is 74.3 Å². The highest BCUT2D eigenvalue weighted by Crippen LogP contribution is 2.30. The molecule has 2 fully saturated rings. The Bertz CT molecular complexity index is 2680. The molecule has 67 heavy (non-hydrogen) atoms. The summed E-state index contributed by atoms with van der Waals surface area (Å²) in [7, 11) is 0. The zero-order valence-electron chi connectivity index (χ0n) is 39.1. The molecule has 14 heteroatoms. The number of ether oxygens (including phenoxy) is 1. The number of piperazine rings is 2. The number of benzene rings is 4. The van der Waals surface area contributed by atoms with Crippen molar-refractivity contribution in [1.29, 1.82) is 0 Å². The number of nitrogens with one attached hydrogen (secondary N) is 5. The third-order valence-corrected chi connectivity index (χ3v) is 12.6. The molecule has 352 valence electrons. The first-order valence-electron chi connectivity index (χ1n) is 23.0. The van der Waals surface area contributed by atoms with Gasteiger partial charge in [0.1, 0.15) is 5.60 Å². The van der Waals surface area contributed by atoms with E-state index >= 15 is 0 Å². The number of fused-ring (bicyclic) bond motifs is 2.